The lowest BCUT2D eigenvalue weighted by atomic mass is 10.3. The van der Waals surface area contributed by atoms with Crippen molar-refractivity contribution < 1.29 is 13.9 Å². The number of phenolic OH excluding ortho intramolecular Hbond substituents is 1. The second kappa shape index (κ2) is 4.02. The molecule has 0 aliphatic carbocycles. The molecule has 7 heteroatoms. The Bertz CT molecular complexity index is 354. The second-order valence-electron chi connectivity index (χ2n) is 2.08. The van der Waals surface area contributed by atoms with Gasteiger partial charge in [0.05, 0.1) is 15.1 Å². The van der Waals surface area contributed by atoms with Crippen molar-refractivity contribution in [3.8, 4) is 5.75 Å². The van der Waals surface area contributed by atoms with Gasteiger partial charge >= 0.3 is 0 Å². The van der Waals surface area contributed by atoms with Crippen LogP contribution in [0.1, 0.15) is 0 Å². The summed E-state index contributed by atoms with van der Waals surface area (Å²) in [5, 5.41) is 8.97. The largest absolute Gasteiger partial charge is 0.505 e. The Labute approximate surface area is 91.5 Å². The molecule has 2 N–H and O–H groups in total. The van der Waals surface area contributed by atoms with E-state index in [9.17, 15) is 9.32 Å². The van der Waals surface area contributed by atoms with Crippen LogP contribution < -0.4 is 0 Å². The molecule has 0 aliphatic heterocycles. The maximum absolute atomic E-state index is 10.7. The van der Waals surface area contributed by atoms with E-state index in [0.717, 1.165) is 0 Å². The number of halogens is 3. The molecule has 0 spiro atoms. The van der Waals surface area contributed by atoms with E-state index in [1.165, 1.54) is 6.07 Å². The first-order chi connectivity index (χ1) is 5.95. The van der Waals surface area contributed by atoms with E-state index >= 15 is 0 Å². The molecule has 0 saturated carbocycles. The van der Waals surface area contributed by atoms with Gasteiger partial charge in [-0.15, -0.1) is 0 Å². The normalized spacial score (nSPS) is 12.9. The number of hydrogen-bond donors (Lipinski definition) is 2. The van der Waals surface area contributed by atoms with E-state index in [1.807, 2.05) is 0 Å². The number of hydrogen-bond acceptors (Lipinski definition) is 2. The van der Waals surface area contributed by atoms with Crippen LogP contribution >= 0.6 is 34.8 Å². The average molecular weight is 262 g/mol. The zero-order valence-corrected chi connectivity index (χ0v) is 9.01. The smallest absolute Gasteiger partial charge is 0.191 e. The summed E-state index contributed by atoms with van der Waals surface area (Å²) in [6, 6.07) is 1.19. The Morgan fingerprint density at radius 1 is 1.23 bits per heavy atom. The van der Waals surface area contributed by atoms with Crippen molar-refractivity contribution >= 4 is 45.9 Å². The van der Waals surface area contributed by atoms with Gasteiger partial charge in [-0.3, -0.25) is 0 Å². The van der Waals surface area contributed by atoms with Crippen LogP contribution in [-0.2, 0) is 11.1 Å². The quantitative estimate of drug-likeness (QED) is 0.603. The molecule has 1 atom stereocenters. The van der Waals surface area contributed by atoms with Crippen molar-refractivity contribution in [3.05, 3.63) is 21.1 Å². The molecule has 0 fully saturated rings. The van der Waals surface area contributed by atoms with Crippen LogP contribution in [-0.4, -0.2) is 13.9 Å². The van der Waals surface area contributed by atoms with Gasteiger partial charge in [0.15, 0.2) is 16.8 Å². The summed E-state index contributed by atoms with van der Waals surface area (Å²) in [7, 11) is 0. The molecule has 0 saturated heterocycles. The Morgan fingerprint density at radius 2 is 1.77 bits per heavy atom. The summed E-state index contributed by atoms with van der Waals surface area (Å²) in [6.07, 6.45) is 0. The molecule has 0 aliphatic rings. The number of rotatable bonds is 1. The molecular weight excluding hydrogens is 258 g/mol. The lowest BCUT2D eigenvalue weighted by Gasteiger charge is -2.05. The van der Waals surface area contributed by atoms with Gasteiger partial charge in [-0.05, 0) is 6.07 Å². The highest BCUT2D eigenvalue weighted by molar-refractivity contribution is 7.79. The first-order valence-electron chi connectivity index (χ1n) is 2.92. The molecule has 1 rings (SSSR count). The molecule has 0 amide bonds. The molecule has 0 radical (unpaired) electrons. The lowest BCUT2D eigenvalue weighted by molar-refractivity contribution is 0.457. The molecule has 0 bridgehead atoms. The van der Waals surface area contributed by atoms with Crippen LogP contribution in [0, 0.1) is 0 Å². The Morgan fingerprint density at radius 3 is 2.23 bits per heavy atom. The van der Waals surface area contributed by atoms with Crippen molar-refractivity contribution in [3.63, 3.8) is 0 Å². The average Bonchev–Trinajstić information content (AvgIpc) is 2.01. The molecular formula is C6H3Cl3O3S. The number of phenols is 1. The van der Waals surface area contributed by atoms with Gasteiger partial charge in [0.25, 0.3) is 0 Å². The second-order valence-corrected chi connectivity index (χ2v) is 4.18. The monoisotopic (exact) mass is 260 g/mol. The standard InChI is InChI=1S/C6H3Cl3O3S/c7-2-1-3(8)5(10)6(4(2)9)13(11)12/h1,10H,(H,11,12). The fourth-order valence-corrected chi connectivity index (χ4v) is 2.18. The summed E-state index contributed by atoms with van der Waals surface area (Å²) < 4.78 is 19.4. The first kappa shape index (κ1) is 11.1. The van der Waals surface area contributed by atoms with Crippen LogP contribution in [0.3, 0.4) is 0 Å². The van der Waals surface area contributed by atoms with Crippen molar-refractivity contribution in [1.82, 2.24) is 0 Å². The maximum Gasteiger partial charge on any atom is 0.191 e. The van der Waals surface area contributed by atoms with Crippen LogP contribution in [0.2, 0.25) is 15.1 Å². The van der Waals surface area contributed by atoms with E-state index in [2.05, 4.69) is 0 Å². The van der Waals surface area contributed by atoms with Gasteiger partial charge in [0, 0.05) is 0 Å². The molecule has 1 aromatic rings. The zero-order chi connectivity index (χ0) is 10.2. The van der Waals surface area contributed by atoms with Gasteiger partial charge < -0.3 is 9.66 Å². The fourth-order valence-electron chi connectivity index (χ4n) is 0.723. The predicted octanol–water partition coefficient (Wildman–Crippen LogP) is 2.93. The van der Waals surface area contributed by atoms with E-state index in [0.29, 0.717) is 0 Å². The first-order valence-corrected chi connectivity index (χ1v) is 5.16. The SMILES string of the molecule is O=S(O)c1c(O)c(Cl)cc(Cl)c1Cl. The molecule has 72 valence electrons. The summed E-state index contributed by atoms with van der Waals surface area (Å²) in [6.45, 7) is 0. The Hall–Kier alpha value is -0.000000000000000167. The number of aromatic hydroxyl groups is 1. The van der Waals surface area contributed by atoms with Crippen LogP contribution in [0.4, 0.5) is 0 Å². The lowest BCUT2D eigenvalue weighted by Crippen LogP contribution is -1.92. The Balaban J connectivity index is 3.56. The van der Waals surface area contributed by atoms with Crippen LogP contribution in [0.15, 0.2) is 11.0 Å². The van der Waals surface area contributed by atoms with Gasteiger partial charge in [-0.1, -0.05) is 34.8 Å². The minimum atomic E-state index is -2.42. The van der Waals surface area contributed by atoms with Crippen LogP contribution in [0.25, 0.3) is 0 Å². The maximum atomic E-state index is 10.7. The topological polar surface area (TPSA) is 57.5 Å². The molecule has 0 aromatic heterocycles. The zero-order valence-electron chi connectivity index (χ0n) is 5.92. The van der Waals surface area contributed by atoms with E-state index in [1.54, 1.807) is 0 Å². The van der Waals surface area contributed by atoms with Crippen LogP contribution in [0.5, 0.6) is 5.75 Å². The highest BCUT2D eigenvalue weighted by Gasteiger charge is 2.18. The van der Waals surface area contributed by atoms with Crippen molar-refractivity contribution in [2.24, 2.45) is 0 Å². The molecule has 13 heavy (non-hydrogen) atoms. The van der Waals surface area contributed by atoms with Crippen molar-refractivity contribution in [1.29, 1.82) is 0 Å². The molecule has 3 nitrogen and oxygen atoms in total. The third-order valence-corrected chi connectivity index (χ3v) is 3.21. The molecule has 0 heterocycles. The van der Waals surface area contributed by atoms with E-state index < -0.39 is 16.8 Å². The Kier molecular flexibility index (Phi) is 3.43. The summed E-state index contributed by atoms with van der Waals surface area (Å²) >= 11 is 14.2. The highest BCUT2D eigenvalue weighted by Crippen LogP contribution is 2.39. The molecule has 1 aromatic carbocycles. The third kappa shape index (κ3) is 2.08. The van der Waals surface area contributed by atoms with E-state index in [-0.39, 0.29) is 20.0 Å². The van der Waals surface area contributed by atoms with Gasteiger partial charge in [0.2, 0.25) is 0 Å². The van der Waals surface area contributed by atoms with Crippen molar-refractivity contribution in [2.75, 3.05) is 0 Å². The summed E-state index contributed by atoms with van der Waals surface area (Å²) in [5.41, 5.74) is 0. The van der Waals surface area contributed by atoms with E-state index in [4.69, 9.17) is 39.4 Å². The highest BCUT2D eigenvalue weighted by atomic mass is 35.5. The summed E-state index contributed by atoms with van der Waals surface area (Å²) in [4.78, 5) is -0.376. The fraction of sp³-hybridized carbons (Fsp3) is 0. The van der Waals surface area contributed by atoms with Crippen molar-refractivity contribution in [2.45, 2.75) is 4.90 Å². The molecule has 1 unspecified atom stereocenters. The minimum absolute atomic E-state index is 0.0156. The number of benzene rings is 1. The predicted molar refractivity (Wildman–Crippen MR) is 52.2 cm³/mol. The minimum Gasteiger partial charge on any atom is -0.505 e. The summed E-state index contributed by atoms with van der Waals surface area (Å²) in [5.74, 6) is -0.531. The van der Waals surface area contributed by atoms with Gasteiger partial charge in [-0.25, -0.2) is 4.21 Å². The third-order valence-electron chi connectivity index (χ3n) is 1.28. The van der Waals surface area contributed by atoms with Gasteiger partial charge in [0.1, 0.15) is 4.90 Å². The van der Waals surface area contributed by atoms with Gasteiger partial charge in [-0.2, -0.15) is 0 Å².